The highest BCUT2D eigenvalue weighted by Gasteiger charge is 2.27. The van der Waals surface area contributed by atoms with Gasteiger partial charge in [0.25, 0.3) is 0 Å². The SMILES string of the molecule is C=C(CO)C(=O)OCCOc1cc(OCCOC(=O)C(=C)CO)cc(-c2ccc(C#Cc3ccc(C4CCC(CCCCC(F)(F)F)CC4)cc3)cc2)c1. The van der Waals surface area contributed by atoms with E-state index in [9.17, 15) is 22.8 Å². The Morgan fingerprint density at radius 3 is 1.67 bits per heavy atom. The Balaban J connectivity index is 1.34. The molecule has 1 aliphatic rings. The van der Waals surface area contributed by atoms with Crippen LogP contribution in [-0.2, 0) is 19.1 Å². The van der Waals surface area contributed by atoms with Crippen LogP contribution in [0, 0.1) is 17.8 Å². The summed E-state index contributed by atoms with van der Waals surface area (Å²) < 4.78 is 59.0. The maximum atomic E-state index is 12.4. The van der Waals surface area contributed by atoms with Gasteiger partial charge in [-0.1, -0.05) is 62.1 Å². The summed E-state index contributed by atoms with van der Waals surface area (Å²) in [5.74, 6) is 6.87. The third kappa shape index (κ3) is 14.1. The van der Waals surface area contributed by atoms with E-state index in [1.54, 1.807) is 18.2 Å². The van der Waals surface area contributed by atoms with Crippen molar-refractivity contribution < 1.29 is 51.9 Å². The molecule has 0 radical (unpaired) electrons. The number of carbonyl (C=O) groups is 2. The normalized spacial score (nSPS) is 15.4. The summed E-state index contributed by atoms with van der Waals surface area (Å²) in [6.07, 6.45) is 1.21. The van der Waals surface area contributed by atoms with E-state index >= 15 is 0 Å². The predicted octanol–water partition coefficient (Wildman–Crippen LogP) is 8.09. The van der Waals surface area contributed by atoms with Crippen molar-refractivity contribution in [3.8, 4) is 34.5 Å². The van der Waals surface area contributed by atoms with Crippen LogP contribution in [0.5, 0.6) is 11.5 Å². The average molecular weight is 749 g/mol. The molecule has 0 aliphatic heterocycles. The number of rotatable bonds is 18. The average Bonchev–Trinajstić information content (AvgIpc) is 3.18. The monoisotopic (exact) mass is 748 g/mol. The Hall–Kier alpha value is -5.05. The van der Waals surface area contributed by atoms with Crippen LogP contribution >= 0.6 is 0 Å². The topological polar surface area (TPSA) is 112 Å². The molecule has 3 aromatic rings. The molecule has 0 amide bonds. The van der Waals surface area contributed by atoms with Crippen LogP contribution in [0.4, 0.5) is 13.2 Å². The van der Waals surface area contributed by atoms with Gasteiger partial charge in [-0.3, -0.25) is 0 Å². The van der Waals surface area contributed by atoms with Gasteiger partial charge in [-0.05, 0) is 97.0 Å². The Bertz CT molecular complexity index is 1710. The Kier molecular flexibility index (Phi) is 16.2. The van der Waals surface area contributed by atoms with E-state index in [2.05, 4.69) is 37.1 Å². The fourth-order valence-electron chi connectivity index (χ4n) is 6.10. The number of aliphatic hydroxyl groups is 2. The second kappa shape index (κ2) is 21.0. The largest absolute Gasteiger partial charge is 0.490 e. The van der Waals surface area contributed by atoms with E-state index in [4.69, 9.17) is 29.2 Å². The van der Waals surface area contributed by atoms with Crippen LogP contribution in [0.25, 0.3) is 11.1 Å². The Morgan fingerprint density at radius 2 is 1.19 bits per heavy atom. The maximum absolute atomic E-state index is 12.4. The van der Waals surface area contributed by atoms with Crippen molar-refractivity contribution in [2.24, 2.45) is 5.92 Å². The predicted molar refractivity (Wildman–Crippen MR) is 199 cm³/mol. The molecular formula is C43H47F3O8. The standard InChI is InChI=1S/C43H47F3O8/c1-30(28-47)41(49)53-23-21-51-39-25-38(26-40(27-39)52-22-24-54-42(50)31(2)29-48)37-18-12-34(13-19-37)7-6-33-10-16-36(17-11-33)35-14-8-32(9-15-35)5-3-4-20-43(44,45)46/h10-13,16-19,25-27,32,35,47-48H,1-5,8-9,14-15,20-24,28-29H2. The van der Waals surface area contributed by atoms with Crippen LogP contribution in [-0.4, -0.2) is 68.0 Å². The molecule has 2 N–H and O–H groups in total. The first-order valence-corrected chi connectivity index (χ1v) is 18.1. The minimum atomic E-state index is -4.06. The van der Waals surface area contributed by atoms with Gasteiger partial charge in [-0.2, -0.15) is 13.2 Å². The summed E-state index contributed by atoms with van der Waals surface area (Å²) in [7, 11) is 0. The molecule has 1 aliphatic carbocycles. The summed E-state index contributed by atoms with van der Waals surface area (Å²) in [6, 6.07) is 21.2. The second-order valence-electron chi connectivity index (χ2n) is 13.2. The number of ether oxygens (including phenoxy) is 4. The number of benzene rings is 3. The van der Waals surface area contributed by atoms with Crippen LogP contribution in [0.2, 0.25) is 0 Å². The molecule has 1 saturated carbocycles. The lowest BCUT2D eigenvalue weighted by Crippen LogP contribution is -2.15. The van der Waals surface area contributed by atoms with Crippen molar-refractivity contribution in [3.05, 3.63) is 108 Å². The van der Waals surface area contributed by atoms with Crippen LogP contribution in [0.3, 0.4) is 0 Å². The molecule has 0 aromatic heterocycles. The highest BCUT2D eigenvalue weighted by molar-refractivity contribution is 5.88. The van der Waals surface area contributed by atoms with E-state index in [0.29, 0.717) is 29.8 Å². The van der Waals surface area contributed by atoms with Crippen molar-refractivity contribution in [1.82, 2.24) is 0 Å². The molecule has 0 spiro atoms. The van der Waals surface area contributed by atoms with Gasteiger partial charge < -0.3 is 29.2 Å². The molecule has 1 fully saturated rings. The Labute approximate surface area is 314 Å². The Morgan fingerprint density at radius 1 is 0.685 bits per heavy atom. The number of alkyl halides is 3. The highest BCUT2D eigenvalue weighted by Crippen LogP contribution is 2.38. The van der Waals surface area contributed by atoms with E-state index in [0.717, 1.165) is 54.4 Å². The van der Waals surface area contributed by atoms with Crippen molar-refractivity contribution in [2.45, 2.75) is 63.5 Å². The number of unbranched alkanes of at least 4 members (excludes halogenated alkanes) is 1. The molecule has 0 bridgehead atoms. The minimum absolute atomic E-state index is 0.0296. The molecule has 0 saturated heterocycles. The van der Waals surface area contributed by atoms with Gasteiger partial charge in [0.2, 0.25) is 0 Å². The molecule has 0 unspecified atom stereocenters. The highest BCUT2D eigenvalue weighted by atomic mass is 19.4. The lowest BCUT2D eigenvalue weighted by Gasteiger charge is -2.29. The molecule has 0 heterocycles. The maximum Gasteiger partial charge on any atom is 0.389 e. The second-order valence-corrected chi connectivity index (χ2v) is 13.2. The summed E-state index contributed by atoms with van der Waals surface area (Å²) >= 11 is 0. The van der Waals surface area contributed by atoms with Crippen LogP contribution in [0.15, 0.2) is 91.0 Å². The number of halogens is 3. The molecule has 11 heteroatoms. The minimum Gasteiger partial charge on any atom is -0.490 e. The van der Waals surface area contributed by atoms with Gasteiger partial charge in [0.05, 0.1) is 24.4 Å². The molecule has 288 valence electrons. The molecule has 54 heavy (non-hydrogen) atoms. The summed E-state index contributed by atoms with van der Waals surface area (Å²) in [5.41, 5.74) is 4.49. The number of hydrogen-bond donors (Lipinski definition) is 2. The quantitative estimate of drug-likeness (QED) is 0.0582. The van der Waals surface area contributed by atoms with E-state index in [1.807, 2.05) is 36.4 Å². The summed E-state index contributed by atoms with van der Waals surface area (Å²) in [5, 5.41) is 18.1. The lowest BCUT2D eigenvalue weighted by molar-refractivity contribution is -0.141. The van der Waals surface area contributed by atoms with Gasteiger partial charge in [0.1, 0.15) is 37.9 Å². The molecular weight excluding hydrogens is 701 g/mol. The zero-order valence-corrected chi connectivity index (χ0v) is 30.3. The van der Waals surface area contributed by atoms with E-state index in [-0.39, 0.29) is 44.0 Å². The summed E-state index contributed by atoms with van der Waals surface area (Å²) in [6.45, 7) is 5.78. The first kappa shape index (κ1) is 41.7. The van der Waals surface area contributed by atoms with Crippen LogP contribution in [0.1, 0.15) is 74.0 Å². The smallest absolute Gasteiger partial charge is 0.389 e. The number of carbonyl (C=O) groups excluding carboxylic acids is 2. The first-order valence-electron chi connectivity index (χ1n) is 18.1. The van der Waals surface area contributed by atoms with Crippen molar-refractivity contribution in [3.63, 3.8) is 0 Å². The van der Waals surface area contributed by atoms with Crippen LogP contribution < -0.4 is 9.47 Å². The molecule has 8 nitrogen and oxygen atoms in total. The van der Waals surface area contributed by atoms with E-state index < -0.39 is 37.7 Å². The van der Waals surface area contributed by atoms with E-state index in [1.165, 1.54) is 5.56 Å². The van der Waals surface area contributed by atoms with Gasteiger partial charge in [0, 0.05) is 23.6 Å². The van der Waals surface area contributed by atoms with Gasteiger partial charge in [-0.15, -0.1) is 0 Å². The summed E-state index contributed by atoms with van der Waals surface area (Å²) in [4.78, 5) is 23.6. The molecule has 0 atom stereocenters. The first-order chi connectivity index (χ1) is 25.9. The van der Waals surface area contributed by atoms with Gasteiger partial charge >= 0.3 is 18.1 Å². The number of hydrogen-bond acceptors (Lipinski definition) is 8. The number of esters is 2. The fourth-order valence-corrected chi connectivity index (χ4v) is 6.10. The number of aliphatic hydroxyl groups excluding tert-OH is 2. The van der Waals surface area contributed by atoms with Crippen molar-refractivity contribution in [1.29, 1.82) is 0 Å². The lowest BCUT2D eigenvalue weighted by atomic mass is 9.77. The molecule has 4 rings (SSSR count). The van der Waals surface area contributed by atoms with Gasteiger partial charge in [0.15, 0.2) is 0 Å². The zero-order chi connectivity index (χ0) is 38.9. The third-order valence-corrected chi connectivity index (χ3v) is 9.13. The fraction of sp³-hybridized carbons (Fsp3) is 0.395. The zero-order valence-electron chi connectivity index (χ0n) is 30.3. The van der Waals surface area contributed by atoms with Gasteiger partial charge in [-0.25, -0.2) is 9.59 Å². The third-order valence-electron chi connectivity index (χ3n) is 9.13. The van der Waals surface area contributed by atoms with Crippen molar-refractivity contribution in [2.75, 3.05) is 39.6 Å². The molecule has 3 aromatic carbocycles. The van der Waals surface area contributed by atoms with Crippen molar-refractivity contribution >= 4 is 11.9 Å².